The molecule has 8 heteroatoms. The van der Waals surface area contributed by atoms with Gasteiger partial charge >= 0.3 is 5.97 Å². The fourth-order valence-corrected chi connectivity index (χ4v) is 2.83. The molecule has 7 nitrogen and oxygen atoms in total. The van der Waals surface area contributed by atoms with E-state index in [0.717, 1.165) is 11.3 Å². The molecule has 0 aliphatic rings. The van der Waals surface area contributed by atoms with Gasteiger partial charge < -0.3 is 14.9 Å². The van der Waals surface area contributed by atoms with Crippen molar-refractivity contribution in [2.45, 2.75) is 13.5 Å². The number of carbonyl (C=O) groups is 1. The number of carboxylic acid groups (broad SMARTS) is 1. The molecule has 0 radical (unpaired) electrons. The van der Waals surface area contributed by atoms with Crippen molar-refractivity contribution in [1.82, 2.24) is 9.55 Å². The summed E-state index contributed by atoms with van der Waals surface area (Å²) in [6.45, 7) is 2.34. The summed E-state index contributed by atoms with van der Waals surface area (Å²) in [4.78, 5) is 28.0. The summed E-state index contributed by atoms with van der Waals surface area (Å²) in [5, 5.41) is 18.0. The van der Waals surface area contributed by atoms with E-state index in [0.29, 0.717) is 22.3 Å². The van der Waals surface area contributed by atoms with Crippen LogP contribution in [-0.2, 0) is 11.3 Å². The minimum Gasteiger partial charge on any atom is -0.477 e. The third-order valence-corrected chi connectivity index (χ3v) is 4.01. The number of rotatable bonds is 6. The smallest absolute Gasteiger partial charge is 0.346 e. The Labute approximate surface area is 118 Å². The van der Waals surface area contributed by atoms with Gasteiger partial charge in [-0.05, 0) is 12.5 Å². The van der Waals surface area contributed by atoms with Crippen LogP contribution in [-0.4, -0.2) is 45.6 Å². The number of thiophene rings is 1. The lowest BCUT2D eigenvalue weighted by Crippen LogP contribution is -2.23. The van der Waals surface area contributed by atoms with E-state index in [9.17, 15) is 9.59 Å². The van der Waals surface area contributed by atoms with E-state index in [4.69, 9.17) is 14.9 Å². The van der Waals surface area contributed by atoms with Crippen LogP contribution in [0.1, 0.15) is 15.2 Å². The number of aromatic carboxylic acids is 1. The van der Waals surface area contributed by atoms with E-state index in [1.54, 1.807) is 6.92 Å². The van der Waals surface area contributed by atoms with Gasteiger partial charge in [-0.1, -0.05) is 0 Å². The van der Waals surface area contributed by atoms with E-state index in [2.05, 4.69) is 4.98 Å². The van der Waals surface area contributed by atoms with Crippen molar-refractivity contribution in [3.05, 3.63) is 27.1 Å². The molecule has 0 aromatic carbocycles. The second-order valence-corrected chi connectivity index (χ2v) is 5.12. The number of hydrogen-bond acceptors (Lipinski definition) is 6. The first-order chi connectivity index (χ1) is 9.56. The van der Waals surface area contributed by atoms with Crippen LogP contribution in [0.2, 0.25) is 0 Å². The van der Waals surface area contributed by atoms with Gasteiger partial charge in [0.2, 0.25) is 0 Å². The average molecular weight is 298 g/mol. The fraction of sp³-hybridized carbons (Fsp3) is 0.417. The normalized spacial score (nSPS) is 11.1. The van der Waals surface area contributed by atoms with Crippen LogP contribution in [0.4, 0.5) is 0 Å². The molecule has 0 atom stereocenters. The maximum atomic E-state index is 12.3. The zero-order chi connectivity index (χ0) is 14.7. The van der Waals surface area contributed by atoms with Gasteiger partial charge in [0.25, 0.3) is 5.56 Å². The maximum absolute atomic E-state index is 12.3. The molecule has 2 N–H and O–H groups in total. The summed E-state index contributed by atoms with van der Waals surface area (Å²) in [7, 11) is 0. The van der Waals surface area contributed by atoms with Gasteiger partial charge in [0, 0.05) is 0 Å². The van der Waals surface area contributed by atoms with Gasteiger partial charge in [-0.2, -0.15) is 0 Å². The Morgan fingerprint density at radius 2 is 2.25 bits per heavy atom. The van der Waals surface area contributed by atoms with Gasteiger partial charge in [-0.15, -0.1) is 11.3 Å². The number of fused-ring (bicyclic) bond motifs is 1. The van der Waals surface area contributed by atoms with Gasteiger partial charge in [0.05, 0.1) is 38.1 Å². The number of aliphatic hydroxyl groups excluding tert-OH is 1. The summed E-state index contributed by atoms with van der Waals surface area (Å²) >= 11 is 0.999. The molecule has 0 saturated heterocycles. The maximum Gasteiger partial charge on any atom is 0.346 e. The highest BCUT2D eigenvalue weighted by molar-refractivity contribution is 7.20. The van der Waals surface area contributed by atoms with E-state index in [1.165, 1.54) is 10.9 Å². The van der Waals surface area contributed by atoms with E-state index < -0.39 is 5.97 Å². The number of aromatic nitrogens is 2. The van der Waals surface area contributed by atoms with Crippen LogP contribution >= 0.6 is 11.3 Å². The van der Waals surface area contributed by atoms with Crippen molar-refractivity contribution in [3.63, 3.8) is 0 Å². The Balaban J connectivity index is 2.35. The molecule has 0 unspecified atom stereocenters. The fourth-order valence-electron chi connectivity index (χ4n) is 1.85. The second-order valence-electron chi connectivity index (χ2n) is 4.12. The predicted octanol–water partition coefficient (Wildman–Crippen LogP) is 0.474. The first kappa shape index (κ1) is 14.6. The summed E-state index contributed by atoms with van der Waals surface area (Å²) < 4.78 is 6.48. The number of nitrogens with zero attached hydrogens (tertiary/aromatic N) is 2. The molecular weight excluding hydrogens is 284 g/mol. The van der Waals surface area contributed by atoms with E-state index >= 15 is 0 Å². The van der Waals surface area contributed by atoms with Crippen molar-refractivity contribution in [2.24, 2.45) is 0 Å². The van der Waals surface area contributed by atoms with Crippen molar-refractivity contribution < 1.29 is 19.7 Å². The molecule has 2 heterocycles. The zero-order valence-corrected chi connectivity index (χ0v) is 11.6. The molecule has 0 spiro atoms. The number of aryl methyl sites for hydroxylation is 1. The summed E-state index contributed by atoms with van der Waals surface area (Å²) in [6, 6.07) is 0. The molecule has 0 amide bonds. The number of aliphatic hydroxyl groups is 1. The standard InChI is InChI=1S/C12H14N2O5S/c1-7-8-10(20-9(7)12(17)18)13-6-14(11(8)16)2-4-19-5-3-15/h6,15H,2-5H2,1H3,(H,17,18). The monoisotopic (exact) mass is 298 g/mol. The molecule has 0 fully saturated rings. The third kappa shape index (κ3) is 2.72. The quantitative estimate of drug-likeness (QED) is 0.752. The Bertz CT molecular complexity index is 691. The molecule has 2 aromatic heterocycles. The highest BCUT2D eigenvalue weighted by Gasteiger charge is 2.18. The molecule has 20 heavy (non-hydrogen) atoms. The number of ether oxygens (including phenoxy) is 1. The van der Waals surface area contributed by atoms with Crippen LogP contribution in [0.3, 0.4) is 0 Å². The zero-order valence-electron chi connectivity index (χ0n) is 10.8. The van der Waals surface area contributed by atoms with Gasteiger partial charge in [0.1, 0.15) is 9.71 Å². The van der Waals surface area contributed by atoms with Crippen LogP contribution in [0, 0.1) is 6.92 Å². The van der Waals surface area contributed by atoms with E-state index in [1.807, 2.05) is 0 Å². The highest BCUT2D eigenvalue weighted by atomic mass is 32.1. The van der Waals surface area contributed by atoms with Gasteiger partial charge in [-0.25, -0.2) is 9.78 Å². The highest BCUT2D eigenvalue weighted by Crippen LogP contribution is 2.26. The lowest BCUT2D eigenvalue weighted by Gasteiger charge is -2.05. The molecule has 108 valence electrons. The van der Waals surface area contributed by atoms with Crippen LogP contribution < -0.4 is 5.56 Å². The van der Waals surface area contributed by atoms with E-state index in [-0.39, 0.29) is 30.3 Å². The first-order valence-corrected chi connectivity index (χ1v) is 6.78. The molecule has 0 bridgehead atoms. The predicted molar refractivity (Wildman–Crippen MR) is 73.5 cm³/mol. The van der Waals surface area contributed by atoms with Crippen molar-refractivity contribution in [3.8, 4) is 0 Å². The van der Waals surface area contributed by atoms with Crippen LogP contribution in [0.25, 0.3) is 10.2 Å². The lowest BCUT2D eigenvalue weighted by atomic mass is 10.2. The molecule has 2 rings (SSSR count). The molecule has 2 aromatic rings. The Kier molecular flexibility index (Phi) is 4.48. The third-order valence-electron chi connectivity index (χ3n) is 2.82. The van der Waals surface area contributed by atoms with Crippen LogP contribution in [0.5, 0.6) is 0 Å². The topological polar surface area (TPSA) is 102 Å². The summed E-state index contributed by atoms with van der Waals surface area (Å²) in [5.74, 6) is -1.05. The molecule has 0 aliphatic heterocycles. The number of carboxylic acids is 1. The largest absolute Gasteiger partial charge is 0.477 e. The van der Waals surface area contributed by atoms with Gasteiger partial charge in [-0.3, -0.25) is 9.36 Å². The SMILES string of the molecule is Cc1c(C(=O)O)sc2ncn(CCOCCO)c(=O)c12. The molecular formula is C12H14N2O5S. The van der Waals surface area contributed by atoms with Crippen molar-refractivity contribution in [1.29, 1.82) is 0 Å². The van der Waals surface area contributed by atoms with Crippen LogP contribution in [0.15, 0.2) is 11.1 Å². The minimum atomic E-state index is -1.05. The average Bonchev–Trinajstić information content (AvgIpc) is 2.75. The first-order valence-electron chi connectivity index (χ1n) is 5.96. The second kappa shape index (κ2) is 6.12. The Hall–Kier alpha value is -1.77. The van der Waals surface area contributed by atoms with Gasteiger partial charge in [0.15, 0.2) is 0 Å². The lowest BCUT2D eigenvalue weighted by molar-refractivity contribution is 0.0701. The van der Waals surface area contributed by atoms with Crippen molar-refractivity contribution in [2.75, 3.05) is 19.8 Å². The van der Waals surface area contributed by atoms with Crippen molar-refractivity contribution >= 4 is 27.5 Å². The minimum absolute atomic E-state index is 0.0716. The molecule has 0 aliphatic carbocycles. The summed E-state index contributed by atoms with van der Waals surface area (Å²) in [5.41, 5.74) is 0.171. The molecule has 0 saturated carbocycles. The summed E-state index contributed by atoms with van der Waals surface area (Å²) in [6.07, 6.45) is 1.38. The Morgan fingerprint density at radius 1 is 1.50 bits per heavy atom. The number of hydrogen-bond donors (Lipinski definition) is 2. The Morgan fingerprint density at radius 3 is 2.90 bits per heavy atom.